The quantitative estimate of drug-likeness (QED) is 0.758. The van der Waals surface area contributed by atoms with Crippen molar-refractivity contribution in [1.82, 2.24) is 4.98 Å². The number of aryl methyl sites for hydroxylation is 1. The van der Waals surface area contributed by atoms with Gasteiger partial charge >= 0.3 is 0 Å². The van der Waals surface area contributed by atoms with Crippen LogP contribution in [-0.2, 0) is 12.8 Å². The maximum absolute atomic E-state index is 13.1. The van der Waals surface area contributed by atoms with Gasteiger partial charge in [-0.15, -0.1) is 0 Å². The van der Waals surface area contributed by atoms with Gasteiger partial charge in [-0.05, 0) is 55.5 Å². The van der Waals surface area contributed by atoms with Gasteiger partial charge in [-0.2, -0.15) is 0 Å². The molecule has 0 saturated heterocycles. The lowest BCUT2D eigenvalue weighted by Crippen LogP contribution is -2.21. The lowest BCUT2D eigenvalue weighted by molar-refractivity contribution is 0.468. The lowest BCUT2D eigenvalue weighted by Gasteiger charge is -2.20. The van der Waals surface area contributed by atoms with E-state index in [1.165, 1.54) is 17.3 Å². The van der Waals surface area contributed by atoms with Gasteiger partial charge in [-0.3, -0.25) is 0 Å². The molecule has 3 heteroatoms. The van der Waals surface area contributed by atoms with Gasteiger partial charge in [-0.1, -0.05) is 0 Å². The summed E-state index contributed by atoms with van der Waals surface area (Å²) in [7, 11) is 0. The third-order valence-electron chi connectivity index (χ3n) is 3.59. The number of benzene rings is 1. The lowest BCUT2D eigenvalue weighted by atomic mass is 9.86. The largest absolute Gasteiger partial charge is 0.358 e. The molecule has 1 aromatic carbocycles. The highest BCUT2D eigenvalue weighted by Gasteiger charge is 2.21. The molecule has 0 amide bonds. The predicted octanol–water partition coefficient (Wildman–Crippen LogP) is 2.37. The van der Waals surface area contributed by atoms with Crippen LogP contribution in [0.3, 0.4) is 0 Å². The number of aromatic nitrogens is 1. The number of nitrogens with one attached hydrogen (secondary N) is 1. The number of aromatic amines is 1. The summed E-state index contributed by atoms with van der Waals surface area (Å²) < 4.78 is 13.1. The average molecular weight is 218 g/mol. The van der Waals surface area contributed by atoms with Gasteiger partial charge in [-0.25, -0.2) is 4.39 Å². The standard InChI is InChI=1S/C13H15FN2/c14-9-2-3-10-11-5-8(7-15)1-4-12(11)16-13(10)6-9/h2-3,6,8,16H,1,4-5,7,15H2. The van der Waals surface area contributed by atoms with Gasteiger partial charge in [0.1, 0.15) is 5.82 Å². The van der Waals surface area contributed by atoms with E-state index < -0.39 is 0 Å². The summed E-state index contributed by atoms with van der Waals surface area (Å²) >= 11 is 0. The number of nitrogens with two attached hydrogens (primary N) is 1. The number of rotatable bonds is 1. The van der Waals surface area contributed by atoms with Crippen LogP contribution in [0.25, 0.3) is 10.9 Å². The number of fused-ring (bicyclic) bond motifs is 3. The third kappa shape index (κ3) is 1.43. The Morgan fingerprint density at radius 2 is 2.31 bits per heavy atom. The number of halogens is 1. The van der Waals surface area contributed by atoms with Crippen LogP contribution in [0.2, 0.25) is 0 Å². The number of hydrogen-bond acceptors (Lipinski definition) is 1. The van der Waals surface area contributed by atoms with Crippen molar-refractivity contribution in [3.63, 3.8) is 0 Å². The van der Waals surface area contributed by atoms with E-state index in [1.807, 2.05) is 6.07 Å². The third-order valence-corrected chi connectivity index (χ3v) is 3.59. The number of H-pyrrole nitrogens is 1. The minimum atomic E-state index is -0.179. The van der Waals surface area contributed by atoms with Crippen molar-refractivity contribution in [1.29, 1.82) is 0 Å². The molecule has 16 heavy (non-hydrogen) atoms. The fraction of sp³-hybridized carbons (Fsp3) is 0.385. The van der Waals surface area contributed by atoms with E-state index in [1.54, 1.807) is 6.07 Å². The molecule has 0 fully saturated rings. The first-order valence-corrected chi connectivity index (χ1v) is 5.77. The van der Waals surface area contributed by atoms with Crippen molar-refractivity contribution in [2.75, 3.05) is 6.54 Å². The summed E-state index contributed by atoms with van der Waals surface area (Å²) in [6, 6.07) is 4.98. The second kappa shape index (κ2) is 3.59. The highest BCUT2D eigenvalue weighted by molar-refractivity contribution is 5.85. The molecular formula is C13H15FN2. The van der Waals surface area contributed by atoms with E-state index in [9.17, 15) is 4.39 Å². The zero-order valence-electron chi connectivity index (χ0n) is 9.09. The van der Waals surface area contributed by atoms with Gasteiger partial charge in [0.15, 0.2) is 0 Å². The Bertz CT molecular complexity index is 530. The van der Waals surface area contributed by atoms with E-state index in [-0.39, 0.29) is 5.82 Å². The van der Waals surface area contributed by atoms with Crippen molar-refractivity contribution in [3.05, 3.63) is 35.3 Å². The smallest absolute Gasteiger partial charge is 0.125 e. The van der Waals surface area contributed by atoms with Crippen LogP contribution in [0.15, 0.2) is 18.2 Å². The Labute approximate surface area is 93.6 Å². The van der Waals surface area contributed by atoms with Crippen molar-refractivity contribution >= 4 is 10.9 Å². The number of hydrogen-bond donors (Lipinski definition) is 2. The van der Waals surface area contributed by atoms with Crippen LogP contribution in [0.4, 0.5) is 4.39 Å². The summed E-state index contributed by atoms with van der Waals surface area (Å²) in [4.78, 5) is 3.32. The Kier molecular flexibility index (Phi) is 2.21. The highest BCUT2D eigenvalue weighted by atomic mass is 19.1. The fourth-order valence-corrected chi connectivity index (χ4v) is 2.67. The van der Waals surface area contributed by atoms with E-state index in [4.69, 9.17) is 5.73 Å². The van der Waals surface area contributed by atoms with Crippen LogP contribution in [0, 0.1) is 11.7 Å². The van der Waals surface area contributed by atoms with Crippen LogP contribution < -0.4 is 5.73 Å². The summed E-state index contributed by atoms with van der Waals surface area (Å²) in [6.07, 6.45) is 3.20. The molecule has 84 valence electrons. The summed E-state index contributed by atoms with van der Waals surface area (Å²) in [5, 5.41) is 1.16. The minimum Gasteiger partial charge on any atom is -0.358 e. The van der Waals surface area contributed by atoms with Crippen LogP contribution in [0.5, 0.6) is 0 Å². The molecule has 0 aliphatic heterocycles. The van der Waals surface area contributed by atoms with Crippen molar-refractivity contribution < 1.29 is 4.39 Å². The molecule has 0 bridgehead atoms. The van der Waals surface area contributed by atoms with E-state index in [0.717, 1.165) is 36.7 Å². The van der Waals surface area contributed by atoms with Gasteiger partial charge in [0, 0.05) is 16.6 Å². The summed E-state index contributed by atoms with van der Waals surface area (Å²) in [6.45, 7) is 0.743. The molecule has 2 nitrogen and oxygen atoms in total. The first-order valence-electron chi connectivity index (χ1n) is 5.77. The van der Waals surface area contributed by atoms with Crippen molar-refractivity contribution in [3.8, 4) is 0 Å². The van der Waals surface area contributed by atoms with E-state index in [0.29, 0.717) is 5.92 Å². The summed E-state index contributed by atoms with van der Waals surface area (Å²) in [5.74, 6) is 0.401. The Balaban J connectivity index is 2.14. The molecule has 1 aromatic heterocycles. The molecular weight excluding hydrogens is 203 g/mol. The van der Waals surface area contributed by atoms with E-state index >= 15 is 0 Å². The maximum Gasteiger partial charge on any atom is 0.125 e. The Morgan fingerprint density at radius 3 is 3.12 bits per heavy atom. The molecule has 1 heterocycles. The topological polar surface area (TPSA) is 41.8 Å². The normalized spacial score (nSPS) is 20.0. The maximum atomic E-state index is 13.1. The summed E-state index contributed by atoms with van der Waals surface area (Å²) in [5.41, 5.74) is 9.26. The molecule has 3 N–H and O–H groups in total. The van der Waals surface area contributed by atoms with Crippen LogP contribution in [0.1, 0.15) is 17.7 Å². The first-order chi connectivity index (χ1) is 7.78. The van der Waals surface area contributed by atoms with Crippen LogP contribution in [-0.4, -0.2) is 11.5 Å². The molecule has 1 aliphatic rings. The predicted molar refractivity (Wildman–Crippen MR) is 62.8 cm³/mol. The second-order valence-corrected chi connectivity index (χ2v) is 4.62. The first kappa shape index (κ1) is 9.85. The van der Waals surface area contributed by atoms with Gasteiger partial charge in [0.25, 0.3) is 0 Å². The van der Waals surface area contributed by atoms with Gasteiger partial charge in [0.2, 0.25) is 0 Å². The molecule has 1 unspecified atom stereocenters. The molecule has 0 spiro atoms. The molecule has 3 rings (SSSR count). The Morgan fingerprint density at radius 1 is 1.44 bits per heavy atom. The average Bonchev–Trinajstić information content (AvgIpc) is 2.65. The molecule has 1 aliphatic carbocycles. The van der Waals surface area contributed by atoms with E-state index in [2.05, 4.69) is 4.98 Å². The molecule has 0 radical (unpaired) electrons. The molecule has 1 atom stereocenters. The SMILES string of the molecule is NCC1CCc2[nH]c3cc(F)ccc3c2C1. The van der Waals surface area contributed by atoms with Crippen molar-refractivity contribution in [2.45, 2.75) is 19.3 Å². The van der Waals surface area contributed by atoms with Crippen LogP contribution >= 0.6 is 0 Å². The van der Waals surface area contributed by atoms with Gasteiger partial charge < -0.3 is 10.7 Å². The van der Waals surface area contributed by atoms with Crippen molar-refractivity contribution in [2.24, 2.45) is 11.7 Å². The second-order valence-electron chi connectivity index (χ2n) is 4.62. The molecule has 2 aromatic rings. The zero-order valence-corrected chi connectivity index (χ0v) is 9.09. The monoisotopic (exact) mass is 218 g/mol. The Hall–Kier alpha value is -1.35. The van der Waals surface area contributed by atoms with Gasteiger partial charge in [0.05, 0.1) is 0 Å². The fourth-order valence-electron chi connectivity index (χ4n) is 2.67. The molecule has 0 saturated carbocycles. The minimum absolute atomic E-state index is 0.179. The zero-order chi connectivity index (χ0) is 11.1. The highest BCUT2D eigenvalue weighted by Crippen LogP contribution is 2.31.